The van der Waals surface area contributed by atoms with Crippen LogP contribution in [0.25, 0.3) is 0 Å². The molecule has 2 aromatic carbocycles. The largest absolute Gasteiger partial charge is 0.490 e. The standard InChI is InChI=1S/C23H30N2O5/c1-4-28-19-15-18(16-20(29-5-2)22(19)30-6-3)23(27)25-24-21(26)14-10-13-17-11-8-7-9-12-17/h7-9,11-12,15-16H,4-6,10,13-14H2,1-3H3,(H,24,26)(H,25,27). The third-order valence-electron chi connectivity index (χ3n) is 4.20. The van der Waals surface area contributed by atoms with E-state index in [1.807, 2.05) is 51.1 Å². The lowest BCUT2D eigenvalue weighted by Gasteiger charge is -2.17. The molecule has 30 heavy (non-hydrogen) atoms. The van der Waals surface area contributed by atoms with E-state index < -0.39 is 5.91 Å². The highest BCUT2D eigenvalue weighted by Gasteiger charge is 2.18. The van der Waals surface area contributed by atoms with E-state index in [4.69, 9.17) is 14.2 Å². The first kappa shape index (κ1) is 23.1. The molecule has 0 aliphatic rings. The maximum Gasteiger partial charge on any atom is 0.269 e. The van der Waals surface area contributed by atoms with E-state index in [-0.39, 0.29) is 5.91 Å². The summed E-state index contributed by atoms with van der Waals surface area (Å²) in [6.45, 7) is 6.81. The van der Waals surface area contributed by atoms with Crippen molar-refractivity contribution in [1.82, 2.24) is 10.9 Å². The minimum absolute atomic E-state index is 0.250. The highest BCUT2D eigenvalue weighted by Crippen LogP contribution is 2.39. The van der Waals surface area contributed by atoms with Crippen LogP contribution in [-0.4, -0.2) is 31.6 Å². The van der Waals surface area contributed by atoms with Crippen molar-refractivity contribution in [1.29, 1.82) is 0 Å². The zero-order valence-corrected chi connectivity index (χ0v) is 17.8. The minimum atomic E-state index is -0.462. The van der Waals surface area contributed by atoms with E-state index in [0.29, 0.717) is 55.5 Å². The van der Waals surface area contributed by atoms with Crippen molar-refractivity contribution in [3.8, 4) is 17.2 Å². The Morgan fingerprint density at radius 1 is 0.833 bits per heavy atom. The van der Waals surface area contributed by atoms with Crippen LogP contribution in [0.2, 0.25) is 0 Å². The number of carbonyl (C=O) groups is 2. The number of ether oxygens (including phenoxy) is 3. The molecular formula is C23H30N2O5. The van der Waals surface area contributed by atoms with E-state index in [0.717, 1.165) is 6.42 Å². The molecule has 0 atom stereocenters. The molecule has 7 heteroatoms. The molecular weight excluding hydrogens is 384 g/mol. The molecule has 0 radical (unpaired) electrons. The first-order valence-corrected chi connectivity index (χ1v) is 10.3. The van der Waals surface area contributed by atoms with E-state index in [1.165, 1.54) is 5.56 Å². The number of hydrogen-bond donors (Lipinski definition) is 2. The lowest BCUT2D eigenvalue weighted by atomic mass is 10.1. The van der Waals surface area contributed by atoms with Gasteiger partial charge in [0.25, 0.3) is 5.91 Å². The summed E-state index contributed by atoms with van der Waals surface area (Å²) in [6.07, 6.45) is 1.81. The Balaban J connectivity index is 1.96. The first-order valence-electron chi connectivity index (χ1n) is 10.3. The van der Waals surface area contributed by atoms with Crippen LogP contribution < -0.4 is 25.1 Å². The Hall–Kier alpha value is -3.22. The topological polar surface area (TPSA) is 85.9 Å². The maximum atomic E-state index is 12.5. The molecule has 0 unspecified atom stereocenters. The summed E-state index contributed by atoms with van der Waals surface area (Å²) >= 11 is 0. The lowest BCUT2D eigenvalue weighted by Crippen LogP contribution is -2.41. The van der Waals surface area contributed by atoms with Gasteiger partial charge in [0.15, 0.2) is 11.5 Å². The van der Waals surface area contributed by atoms with Gasteiger partial charge in [-0.3, -0.25) is 20.4 Å². The molecule has 0 spiro atoms. The van der Waals surface area contributed by atoms with Gasteiger partial charge in [-0.25, -0.2) is 0 Å². The van der Waals surface area contributed by atoms with Crippen LogP contribution in [-0.2, 0) is 11.2 Å². The molecule has 0 fully saturated rings. The SMILES string of the molecule is CCOc1cc(C(=O)NNC(=O)CCCc2ccccc2)cc(OCC)c1OCC. The molecule has 2 N–H and O–H groups in total. The van der Waals surface area contributed by atoms with Crippen LogP contribution in [0.4, 0.5) is 0 Å². The first-order chi connectivity index (χ1) is 14.6. The Labute approximate surface area is 177 Å². The second-order valence-corrected chi connectivity index (χ2v) is 6.44. The molecule has 0 aromatic heterocycles. The zero-order valence-electron chi connectivity index (χ0n) is 17.8. The fourth-order valence-electron chi connectivity index (χ4n) is 2.88. The second-order valence-electron chi connectivity index (χ2n) is 6.44. The summed E-state index contributed by atoms with van der Waals surface area (Å²) < 4.78 is 16.9. The average molecular weight is 415 g/mol. The van der Waals surface area contributed by atoms with Crippen molar-refractivity contribution in [2.45, 2.75) is 40.0 Å². The zero-order chi connectivity index (χ0) is 21.8. The van der Waals surface area contributed by atoms with Gasteiger partial charge in [0, 0.05) is 12.0 Å². The van der Waals surface area contributed by atoms with Crippen molar-refractivity contribution in [2.24, 2.45) is 0 Å². The second kappa shape index (κ2) is 12.4. The number of hydrazine groups is 1. The Morgan fingerprint density at radius 3 is 2.00 bits per heavy atom. The normalized spacial score (nSPS) is 10.2. The van der Waals surface area contributed by atoms with Crippen LogP contribution in [0, 0.1) is 0 Å². The Bertz CT molecular complexity index is 797. The minimum Gasteiger partial charge on any atom is -0.490 e. The number of aryl methyl sites for hydroxylation is 1. The summed E-state index contributed by atoms with van der Waals surface area (Å²) in [5, 5.41) is 0. The van der Waals surface area contributed by atoms with Gasteiger partial charge in [-0.05, 0) is 51.3 Å². The van der Waals surface area contributed by atoms with Crippen LogP contribution in [0.3, 0.4) is 0 Å². The summed E-state index contributed by atoms with van der Waals surface area (Å²) in [5.74, 6) is 0.591. The van der Waals surface area contributed by atoms with E-state index in [9.17, 15) is 9.59 Å². The van der Waals surface area contributed by atoms with Gasteiger partial charge >= 0.3 is 0 Å². The molecule has 2 aromatic rings. The van der Waals surface area contributed by atoms with Crippen molar-refractivity contribution >= 4 is 11.8 Å². The molecule has 0 heterocycles. The highest BCUT2D eigenvalue weighted by atomic mass is 16.5. The Kier molecular flexibility index (Phi) is 9.51. The van der Waals surface area contributed by atoms with E-state index in [2.05, 4.69) is 10.9 Å². The van der Waals surface area contributed by atoms with Gasteiger partial charge in [0.1, 0.15) is 0 Å². The van der Waals surface area contributed by atoms with Crippen molar-refractivity contribution < 1.29 is 23.8 Å². The van der Waals surface area contributed by atoms with Crippen molar-refractivity contribution in [2.75, 3.05) is 19.8 Å². The molecule has 0 saturated heterocycles. The number of carbonyl (C=O) groups excluding carboxylic acids is 2. The van der Waals surface area contributed by atoms with E-state index >= 15 is 0 Å². The molecule has 0 saturated carbocycles. The third kappa shape index (κ3) is 6.99. The summed E-state index contributed by atoms with van der Waals surface area (Å²) in [6, 6.07) is 13.1. The van der Waals surface area contributed by atoms with Crippen LogP contribution in [0.1, 0.15) is 49.5 Å². The molecule has 162 valence electrons. The molecule has 0 aliphatic heterocycles. The summed E-state index contributed by atoms with van der Waals surface area (Å²) in [4.78, 5) is 24.6. The predicted octanol–water partition coefficient (Wildman–Crippen LogP) is 3.67. The van der Waals surface area contributed by atoms with Crippen LogP contribution in [0.15, 0.2) is 42.5 Å². The van der Waals surface area contributed by atoms with Gasteiger partial charge in [-0.1, -0.05) is 30.3 Å². The summed E-state index contributed by atoms with van der Waals surface area (Å²) in [7, 11) is 0. The van der Waals surface area contributed by atoms with Crippen LogP contribution >= 0.6 is 0 Å². The molecule has 7 nitrogen and oxygen atoms in total. The molecule has 2 rings (SSSR count). The average Bonchev–Trinajstić information content (AvgIpc) is 2.75. The fraction of sp³-hybridized carbons (Fsp3) is 0.391. The quantitative estimate of drug-likeness (QED) is 0.548. The van der Waals surface area contributed by atoms with Crippen molar-refractivity contribution in [3.05, 3.63) is 53.6 Å². The number of hydrogen-bond acceptors (Lipinski definition) is 5. The van der Waals surface area contributed by atoms with Gasteiger partial charge < -0.3 is 14.2 Å². The molecule has 0 aliphatic carbocycles. The fourth-order valence-corrected chi connectivity index (χ4v) is 2.88. The predicted molar refractivity (Wildman–Crippen MR) is 115 cm³/mol. The van der Waals surface area contributed by atoms with Gasteiger partial charge in [0.2, 0.25) is 11.7 Å². The van der Waals surface area contributed by atoms with E-state index in [1.54, 1.807) is 12.1 Å². The molecule has 0 bridgehead atoms. The highest BCUT2D eigenvalue weighted by molar-refractivity contribution is 5.96. The maximum absolute atomic E-state index is 12.5. The number of benzene rings is 2. The smallest absolute Gasteiger partial charge is 0.269 e. The lowest BCUT2D eigenvalue weighted by molar-refractivity contribution is -0.121. The number of nitrogens with one attached hydrogen (secondary N) is 2. The van der Waals surface area contributed by atoms with Gasteiger partial charge in [-0.15, -0.1) is 0 Å². The monoisotopic (exact) mass is 414 g/mol. The number of rotatable bonds is 11. The van der Waals surface area contributed by atoms with Crippen LogP contribution in [0.5, 0.6) is 17.2 Å². The number of amides is 2. The Morgan fingerprint density at radius 2 is 1.43 bits per heavy atom. The summed E-state index contributed by atoms with van der Waals surface area (Å²) in [5.41, 5.74) is 6.38. The third-order valence-corrected chi connectivity index (χ3v) is 4.20. The van der Waals surface area contributed by atoms with Crippen molar-refractivity contribution in [3.63, 3.8) is 0 Å². The molecule has 2 amide bonds. The van der Waals surface area contributed by atoms with Gasteiger partial charge in [-0.2, -0.15) is 0 Å². The van der Waals surface area contributed by atoms with Gasteiger partial charge in [0.05, 0.1) is 19.8 Å².